The number of methoxy groups -OCH3 is 1. The van der Waals surface area contributed by atoms with Gasteiger partial charge in [-0.2, -0.15) is 13.7 Å². The maximum absolute atomic E-state index is 12.8. The predicted molar refractivity (Wildman–Crippen MR) is 113 cm³/mol. The molecule has 1 N–H and O–H groups in total. The van der Waals surface area contributed by atoms with Crippen molar-refractivity contribution in [2.24, 2.45) is 0 Å². The van der Waals surface area contributed by atoms with Crippen LogP contribution in [-0.4, -0.2) is 51.9 Å². The molecule has 0 aliphatic carbocycles. The Labute approximate surface area is 180 Å². The molecule has 0 atom stereocenters. The van der Waals surface area contributed by atoms with Gasteiger partial charge in [-0.25, -0.2) is 9.78 Å². The van der Waals surface area contributed by atoms with E-state index in [0.717, 1.165) is 11.8 Å². The average molecular weight is 446 g/mol. The number of carbonyl (C=O) groups excluding carboxylic acids is 2. The van der Waals surface area contributed by atoms with Crippen molar-refractivity contribution in [3.63, 3.8) is 0 Å². The van der Waals surface area contributed by atoms with Crippen molar-refractivity contribution in [3.8, 4) is 6.07 Å². The zero-order valence-corrected chi connectivity index (χ0v) is 17.9. The number of nitrogens with one attached hydrogen (secondary N) is 1. The number of hydrogen-bond donors (Lipinski definition) is 1. The van der Waals surface area contributed by atoms with Gasteiger partial charge < -0.3 is 4.74 Å². The first kappa shape index (κ1) is 23.8. The molecule has 11 heteroatoms. The van der Waals surface area contributed by atoms with Crippen molar-refractivity contribution in [2.75, 3.05) is 36.7 Å². The van der Waals surface area contributed by atoms with Crippen LogP contribution in [-0.2, 0) is 30.3 Å². The number of benzene rings is 1. The molecule has 0 saturated heterocycles. The number of urea groups is 1. The molecular weight excluding hydrogens is 424 g/mol. The van der Waals surface area contributed by atoms with Gasteiger partial charge in [-0.3, -0.25) is 19.2 Å². The van der Waals surface area contributed by atoms with E-state index in [-0.39, 0.29) is 31.4 Å². The molecule has 0 radical (unpaired) electrons. The zero-order valence-electron chi connectivity index (χ0n) is 17.1. The summed E-state index contributed by atoms with van der Waals surface area (Å²) >= 11 is 0. The van der Waals surface area contributed by atoms with Crippen LogP contribution in [0.4, 0.5) is 16.3 Å². The van der Waals surface area contributed by atoms with E-state index in [4.69, 9.17) is 9.44 Å². The van der Waals surface area contributed by atoms with Crippen LogP contribution < -0.4 is 10.2 Å². The minimum atomic E-state index is -3.66. The average Bonchev–Trinajstić information content (AvgIpc) is 2.75. The number of ether oxygens (including phenoxy) is 1. The van der Waals surface area contributed by atoms with Gasteiger partial charge in [-0.1, -0.05) is 12.1 Å². The maximum atomic E-state index is 12.8. The van der Waals surface area contributed by atoms with Crippen LogP contribution in [0.3, 0.4) is 0 Å². The number of pyridine rings is 1. The molecule has 0 bridgehead atoms. The number of nitriles is 1. The molecule has 0 saturated carbocycles. The highest BCUT2D eigenvalue weighted by atomic mass is 32.2. The van der Waals surface area contributed by atoms with Crippen LogP contribution in [0.1, 0.15) is 17.5 Å². The van der Waals surface area contributed by atoms with E-state index in [9.17, 15) is 18.0 Å². The Hall–Kier alpha value is -3.49. The van der Waals surface area contributed by atoms with Crippen molar-refractivity contribution in [3.05, 3.63) is 53.7 Å². The van der Waals surface area contributed by atoms with Gasteiger partial charge >= 0.3 is 12.0 Å². The summed E-state index contributed by atoms with van der Waals surface area (Å²) in [7, 11) is -2.34. The fourth-order valence-electron chi connectivity index (χ4n) is 2.53. The Morgan fingerprint density at radius 2 is 1.90 bits per heavy atom. The summed E-state index contributed by atoms with van der Waals surface area (Å²) in [6, 6.07) is 11.2. The third kappa shape index (κ3) is 8.04. The summed E-state index contributed by atoms with van der Waals surface area (Å²) in [6.07, 6.45) is 2.95. The summed E-state index contributed by atoms with van der Waals surface area (Å²) in [5.41, 5.74) is 1.71. The lowest BCUT2D eigenvalue weighted by Gasteiger charge is -2.23. The Kier molecular flexibility index (Phi) is 8.48. The summed E-state index contributed by atoms with van der Waals surface area (Å²) < 4.78 is 31.9. The van der Waals surface area contributed by atoms with Gasteiger partial charge in [0, 0.05) is 18.3 Å². The highest BCUT2D eigenvalue weighted by Gasteiger charge is 2.18. The van der Waals surface area contributed by atoms with E-state index in [1.807, 2.05) is 6.07 Å². The monoisotopic (exact) mass is 446 g/mol. The molecule has 1 heterocycles. The predicted octanol–water partition coefficient (Wildman–Crippen LogP) is 2.07. The SMILES string of the molecule is COC(=O)CCc1ccc(N(CCOS(C)(=O)=O)C(=O)Nc2ccc(C#N)cn2)cc1. The highest BCUT2D eigenvalue weighted by Crippen LogP contribution is 2.18. The molecule has 0 aliphatic rings. The lowest BCUT2D eigenvalue weighted by atomic mass is 10.1. The van der Waals surface area contributed by atoms with Gasteiger partial charge in [0.25, 0.3) is 10.1 Å². The van der Waals surface area contributed by atoms with Crippen molar-refractivity contribution >= 4 is 33.6 Å². The number of anilines is 2. The quantitative estimate of drug-likeness (QED) is 0.456. The third-order valence-corrected chi connectivity index (χ3v) is 4.67. The highest BCUT2D eigenvalue weighted by molar-refractivity contribution is 7.85. The minimum Gasteiger partial charge on any atom is -0.469 e. The number of esters is 1. The zero-order chi connectivity index (χ0) is 22.9. The second kappa shape index (κ2) is 11.1. The van der Waals surface area contributed by atoms with Crippen LogP contribution in [0.5, 0.6) is 0 Å². The summed E-state index contributed by atoms with van der Waals surface area (Å²) in [5.74, 6) is -0.0920. The van der Waals surface area contributed by atoms with Crippen molar-refractivity contribution in [2.45, 2.75) is 12.8 Å². The van der Waals surface area contributed by atoms with E-state index >= 15 is 0 Å². The fraction of sp³-hybridized carbons (Fsp3) is 0.300. The number of carbonyl (C=O) groups is 2. The van der Waals surface area contributed by atoms with E-state index in [1.165, 1.54) is 30.3 Å². The molecule has 0 unspecified atom stereocenters. The second-order valence-electron chi connectivity index (χ2n) is 6.39. The van der Waals surface area contributed by atoms with E-state index in [2.05, 4.69) is 15.0 Å². The molecule has 10 nitrogen and oxygen atoms in total. The number of aromatic nitrogens is 1. The number of rotatable bonds is 9. The number of nitrogens with zero attached hydrogens (tertiary/aromatic N) is 3. The van der Waals surface area contributed by atoms with Crippen LogP contribution in [0.2, 0.25) is 0 Å². The summed E-state index contributed by atoms with van der Waals surface area (Å²) in [4.78, 5) is 29.4. The Morgan fingerprint density at radius 1 is 1.19 bits per heavy atom. The van der Waals surface area contributed by atoms with Gasteiger partial charge in [0.2, 0.25) is 0 Å². The van der Waals surface area contributed by atoms with Gasteiger partial charge in [-0.05, 0) is 36.2 Å². The molecule has 2 rings (SSSR count). The van der Waals surface area contributed by atoms with Gasteiger partial charge in [0.15, 0.2) is 0 Å². The first-order valence-corrected chi connectivity index (χ1v) is 11.0. The first-order chi connectivity index (χ1) is 14.7. The molecule has 0 fully saturated rings. The summed E-state index contributed by atoms with van der Waals surface area (Å²) in [6.45, 7) is -0.284. The lowest BCUT2D eigenvalue weighted by Crippen LogP contribution is -2.38. The standard InChI is InChI=1S/C20H22N4O6S/c1-29-19(25)10-6-15-3-7-17(8-4-15)24(11-12-30-31(2,27)28)20(26)23-18-9-5-16(13-21)14-22-18/h3-5,7-9,14H,6,10-12H2,1-2H3,(H,22,23,26). The molecule has 1 aromatic heterocycles. The number of amides is 2. The molecule has 2 aromatic rings. The first-order valence-electron chi connectivity index (χ1n) is 9.16. The third-order valence-electron chi connectivity index (χ3n) is 4.08. The van der Waals surface area contributed by atoms with Gasteiger partial charge in [0.05, 0.1) is 32.1 Å². The van der Waals surface area contributed by atoms with E-state index in [1.54, 1.807) is 24.3 Å². The van der Waals surface area contributed by atoms with Crippen LogP contribution in [0, 0.1) is 11.3 Å². The molecule has 0 aliphatic heterocycles. The summed E-state index contributed by atoms with van der Waals surface area (Å²) in [5, 5.41) is 11.4. The largest absolute Gasteiger partial charge is 0.469 e. The Morgan fingerprint density at radius 3 is 2.45 bits per heavy atom. The lowest BCUT2D eigenvalue weighted by molar-refractivity contribution is -0.140. The molecule has 164 valence electrons. The normalized spacial score (nSPS) is 10.7. The number of hydrogen-bond acceptors (Lipinski definition) is 8. The maximum Gasteiger partial charge on any atom is 0.327 e. The molecule has 31 heavy (non-hydrogen) atoms. The van der Waals surface area contributed by atoms with Crippen LogP contribution in [0.25, 0.3) is 0 Å². The topological polar surface area (TPSA) is 139 Å². The molecular formula is C20H22N4O6S. The minimum absolute atomic E-state index is 0.0450. The van der Waals surface area contributed by atoms with Crippen molar-refractivity contribution < 1.29 is 26.9 Å². The number of aryl methyl sites for hydroxylation is 1. The molecule has 2 amide bonds. The Balaban J connectivity index is 2.15. The smallest absolute Gasteiger partial charge is 0.327 e. The van der Waals surface area contributed by atoms with Gasteiger partial charge in [-0.15, -0.1) is 0 Å². The van der Waals surface area contributed by atoms with Crippen LogP contribution in [0.15, 0.2) is 42.6 Å². The van der Waals surface area contributed by atoms with E-state index in [0.29, 0.717) is 17.7 Å². The molecule has 1 aromatic carbocycles. The van der Waals surface area contributed by atoms with E-state index < -0.39 is 16.1 Å². The fourth-order valence-corrected chi connectivity index (χ4v) is 2.91. The molecule has 0 spiro atoms. The van der Waals surface area contributed by atoms with Crippen molar-refractivity contribution in [1.29, 1.82) is 5.26 Å². The Bertz CT molecular complexity index is 1050. The second-order valence-corrected chi connectivity index (χ2v) is 8.04. The van der Waals surface area contributed by atoms with Crippen LogP contribution >= 0.6 is 0 Å². The van der Waals surface area contributed by atoms with Crippen molar-refractivity contribution in [1.82, 2.24) is 4.98 Å². The van der Waals surface area contributed by atoms with Gasteiger partial charge in [0.1, 0.15) is 11.9 Å².